The number of carbonyl (C=O) groups excluding carboxylic acids is 3. The van der Waals surface area contributed by atoms with E-state index in [1.54, 1.807) is 0 Å². The van der Waals surface area contributed by atoms with Crippen LogP contribution in [0.2, 0.25) is 0 Å². The zero-order valence-corrected chi connectivity index (χ0v) is 17.9. The average molecular weight is 399 g/mol. The van der Waals surface area contributed by atoms with Gasteiger partial charge in [-0.25, -0.2) is 0 Å². The summed E-state index contributed by atoms with van der Waals surface area (Å²) in [4.78, 5) is 35.8. The highest BCUT2D eigenvalue weighted by molar-refractivity contribution is 5.70. The molecular formula is C22H38O6. The fraction of sp³-hybridized carbons (Fsp3) is 0.864. The zero-order valence-electron chi connectivity index (χ0n) is 17.9. The Morgan fingerprint density at radius 1 is 0.679 bits per heavy atom. The fourth-order valence-electron chi connectivity index (χ4n) is 3.41. The number of carbonyl (C=O) groups is 3. The summed E-state index contributed by atoms with van der Waals surface area (Å²) < 4.78 is 16.6. The van der Waals surface area contributed by atoms with E-state index < -0.39 is 0 Å². The Hall–Kier alpha value is -1.59. The molecule has 0 aromatic carbocycles. The second-order valence-corrected chi connectivity index (χ2v) is 7.73. The SMILES string of the molecule is CCCCC(=O)OCC1CCC(COC(=O)CCCC)C1OC(=O)CCCC. The van der Waals surface area contributed by atoms with Gasteiger partial charge in [-0.15, -0.1) is 0 Å². The Balaban J connectivity index is 2.59. The van der Waals surface area contributed by atoms with Crippen molar-refractivity contribution in [1.82, 2.24) is 0 Å². The van der Waals surface area contributed by atoms with Gasteiger partial charge in [0.15, 0.2) is 0 Å². The van der Waals surface area contributed by atoms with Crippen molar-refractivity contribution >= 4 is 17.9 Å². The van der Waals surface area contributed by atoms with Crippen LogP contribution >= 0.6 is 0 Å². The Labute approximate surface area is 169 Å². The second kappa shape index (κ2) is 14.4. The summed E-state index contributed by atoms with van der Waals surface area (Å²) >= 11 is 0. The van der Waals surface area contributed by atoms with Crippen LogP contribution < -0.4 is 0 Å². The maximum Gasteiger partial charge on any atom is 0.306 e. The Kier molecular flexibility index (Phi) is 12.6. The van der Waals surface area contributed by atoms with E-state index in [0.717, 1.165) is 51.4 Å². The number of esters is 3. The van der Waals surface area contributed by atoms with E-state index in [0.29, 0.717) is 19.3 Å². The first-order valence-corrected chi connectivity index (χ1v) is 11.0. The molecule has 0 aliphatic heterocycles. The molecule has 1 saturated carbocycles. The third-order valence-corrected chi connectivity index (χ3v) is 5.23. The topological polar surface area (TPSA) is 78.9 Å². The molecule has 1 rings (SSSR count). The number of ether oxygens (including phenoxy) is 3. The molecule has 162 valence electrons. The van der Waals surface area contributed by atoms with E-state index in [2.05, 4.69) is 0 Å². The van der Waals surface area contributed by atoms with Gasteiger partial charge < -0.3 is 14.2 Å². The molecular weight excluding hydrogens is 360 g/mol. The fourth-order valence-corrected chi connectivity index (χ4v) is 3.41. The van der Waals surface area contributed by atoms with E-state index >= 15 is 0 Å². The molecule has 1 aliphatic carbocycles. The zero-order chi connectivity index (χ0) is 20.8. The maximum absolute atomic E-state index is 12.2. The van der Waals surface area contributed by atoms with Gasteiger partial charge in [0.1, 0.15) is 6.10 Å². The summed E-state index contributed by atoms with van der Waals surface area (Å²) in [6, 6.07) is 0. The third kappa shape index (κ3) is 9.56. The van der Waals surface area contributed by atoms with Gasteiger partial charge in [0.2, 0.25) is 0 Å². The summed E-state index contributed by atoms with van der Waals surface area (Å²) in [6.45, 7) is 6.61. The molecule has 0 saturated heterocycles. The van der Waals surface area contributed by atoms with Crippen molar-refractivity contribution in [2.24, 2.45) is 11.8 Å². The van der Waals surface area contributed by atoms with Gasteiger partial charge in [-0.05, 0) is 32.1 Å². The van der Waals surface area contributed by atoms with Crippen molar-refractivity contribution in [2.75, 3.05) is 13.2 Å². The first-order chi connectivity index (χ1) is 13.5. The molecule has 0 aromatic heterocycles. The number of hydrogen-bond donors (Lipinski definition) is 0. The maximum atomic E-state index is 12.2. The highest BCUT2D eigenvalue weighted by Gasteiger charge is 2.40. The lowest BCUT2D eigenvalue weighted by molar-refractivity contribution is -0.159. The summed E-state index contributed by atoms with van der Waals surface area (Å²) in [5, 5.41) is 0. The van der Waals surface area contributed by atoms with Gasteiger partial charge >= 0.3 is 17.9 Å². The van der Waals surface area contributed by atoms with E-state index in [1.165, 1.54) is 0 Å². The Morgan fingerprint density at radius 2 is 1.07 bits per heavy atom. The van der Waals surface area contributed by atoms with Crippen molar-refractivity contribution in [1.29, 1.82) is 0 Å². The van der Waals surface area contributed by atoms with E-state index in [9.17, 15) is 14.4 Å². The van der Waals surface area contributed by atoms with Crippen LogP contribution in [0.25, 0.3) is 0 Å². The van der Waals surface area contributed by atoms with Crippen molar-refractivity contribution in [3.8, 4) is 0 Å². The highest BCUT2D eigenvalue weighted by atomic mass is 16.6. The van der Waals surface area contributed by atoms with Gasteiger partial charge in [0.25, 0.3) is 0 Å². The molecule has 0 heterocycles. The lowest BCUT2D eigenvalue weighted by Gasteiger charge is -2.25. The van der Waals surface area contributed by atoms with E-state index in [-0.39, 0.29) is 49.1 Å². The molecule has 1 fully saturated rings. The van der Waals surface area contributed by atoms with Gasteiger partial charge in [-0.1, -0.05) is 40.0 Å². The summed E-state index contributed by atoms with van der Waals surface area (Å²) in [5.41, 5.74) is 0. The summed E-state index contributed by atoms with van der Waals surface area (Å²) in [6.07, 6.45) is 7.70. The monoisotopic (exact) mass is 398 g/mol. The molecule has 28 heavy (non-hydrogen) atoms. The minimum atomic E-state index is -0.359. The van der Waals surface area contributed by atoms with Crippen molar-refractivity contribution in [3.05, 3.63) is 0 Å². The lowest BCUT2D eigenvalue weighted by atomic mass is 10.0. The van der Waals surface area contributed by atoms with Crippen LogP contribution in [0.15, 0.2) is 0 Å². The van der Waals surface area contributed by atoms with Crippen LogP contribution in [-0.4, -0.2) is 37.2 Å². The molecule has 1 aliphatic rings. The first kappa shape index (κ1) is 24.4. The molecule has 0 radical (unpaired) electrons. The van der Waals surface area contributed by atoms with Gasteiger partial charge in [-0.2, -0.15) is 0 Å². The Morgan fingerprint density at radius 3 is 1.46 bits per heavy atom. The largest absolute Gasteiger partial charge is 0.465 e. The van der Waals surface area contributed by atoms with Crippen molar-refractivity contribution < 1.29 is 28.6 Å². The first-order valence-electron chi connectivity index (χ1n) is 11.0. The van der Waals surface area contributed by atoms with Gasteiger partial charge in [0, 0.05) is 31.1 Å². The predicted octanol–water partition coefficient (Wildman–Crippen LogP) is 4.58. The second-order valence-electron chi connectivity index (χ2n) is 7.73. The molecule has 0 N–H and O–H groups in total. The third-order valence-electron chi connectivity index (χ3n) is 5.23. The number of rotatable bonds is 14. The van der Waals surface area contributed by atoms with E-state index in [1.807, 2.05) is 20.8 Å². The summed E-state index contributed by atoms with van der Waals surface area (Å²) in [7, 11) is 0. The Bertz CT molecular complexity index is 444. The molecule has 0 spiro atoms. The van der Waals surface area contributed by atoms with Crippen LogP contribution in [0, 0.1) is 11.8 Å². The van der Waals surface area contributed by atoms with Crippen LogP contribution in [-0.2, 0) is 28.6 Å². The average Bonchev–Trinajstić information content (AvgIpc) is 3.07. The quantitative estimate of drug-likeness (QED) is 0.315. The summed E-state index contributed by atoms with van der Waals surface area (Å²) in [5.74, 6) is -0.691. The molecule has 0 aromatic rings. The predicted molar refractivity (Wildman–Crippen MR) is 107 cm³/mol. The number of hydrogen-bond acceptors (Lipinski definition) is 6. The minimum absolute atomic E-state index is 0.0319. The molecule has 0 bridgehead atoms. The van der Waals surface area contributed by atoms with Crippen LogP contribution in [0.4, 0.5) is 0 Å². The van der Waals surface area contributed by atoms with Crippen LogP contribution in [0.1, 0.15) is 91.4 Å². The van der Waals surface area contributed by atoms with Gasteiger partial charge in [0.05, 0.1) is 13.2 Å². The smallest absolute Gasteiger partial charge is 0.306 e. The van der Waals surface area contributed by atoms with Crippen LogP contribution in [0.5, 0.6) is 0 Å². The standard InChI is InChI=1S/C22H38O6/c1-4-7-10-19(23)26-15-17-13-14-18(16-27-20(24)11-8-5-2)22(17)28-21(25)12-9-6-3/h17-18,22H,4-16H2,1-3H3. The molecule has 2 atom stereocenters. The van der Waals surface area contributed by atoms with E-state index in [4.69, 9.17) is 14.2 Å². The molecule has 0 amide bonds. The molecule has 6 nitrogen and oxygen atoms in total. The minimum Gasteiger partial charge on any atom is -0.465 e. The highest BCUT2D eigenvalue weighted by Crippen LogP contribution is 2.35. The molecule has 2 unspecified atom stereocenters. The van der Waals surface area contributed by atoms with Crippen LogP contribution in [0.3, 0.4) is 0 Å². The molecule has 6 heteroatoms. The van der Waals surface area contributed by atoms with Crippen molar-refractivity contribution in [2.45, 2.75) is 97.5 Å². The van der Waals surface area contributed by atoms with Crippen molar-refractivity contribution in [3.63, 3.8) is 0 Å². The lowest BCUT2D eigenvalue weighted by Crippen LogP contribution is -2.33. The normalized spacial score (nSPS) is 21.3. The van der Waals surface area contributed by atoms with Gasteiger partial charge in [-0.3, -0.25) is 14.4 Å². The number of unbranched alkanes of at least 4 members (excludes halogenated alkanes) is 3.